The second kappa shape index (κ2) is 5.79. The van der Waals surface area contributed by atoms with E-state index in [-0.39, 0.29) is 17.4 Å². The molecule has 102 valence electrons. The minimum Gasteiger partial charge on any atom is -0.391 e. The van der Waals surface area contributed by atoms with Crippen molar-refractivity contribution in [2.75, 3.05) is 0 Å². The van der Waals surface area contributed by atoms with Gasteiger partial charge in [0.05, 0.1) is 18.8 Å². The Kier molecular flexibility index (Phi) is 4.31. The summed E-state index contributed by atoms with van der Waals surface area (Å²) in [6, 6.07) is 6.78. The van der Waals surface area contributed by atoms with Gasteiger partial charge in [-0.3, -0.25) is 4.98 Å². The number of nitrogens with one attached hydrogen (secondary N) is 1. The van der Waals surface area contributed by atoms with Gasteiger partial charge in [-0.1, -0.05) is 6.07 Å². The van der Waals surface area contributed by atoms with Crippen molar-refractivity contribution < 1.29 is 13.5 Å². The van der Waals surface area contributed by atoms with Crippen LogP contribution in [0.15, 0.2) is 34.7 Å². The Morgan fingerprint density at radius 3 is 2.79 bits per heavy atom. The molecule has 0 unspecified atom stereocenters. The number of pyridine rings is 1. The van der Waals surface area contributed by atoms with Crippen LogP contribution in [-0.2, 0) is 23.2 Å². The Morgan fingerprint density at radius 2 is 2.16 bits per heavy atom. The molecule has 0 fully saturated rings. The first-order chi connectivity index (χ1) is 9.03. The Balaban J connectivity index is 2.12. The van der Waals surface area contributed by atoms with Gasteiger partial charge in [-0.05, 0) is 30.7 Å². The largest absolute Gasteiger partial charge is 0.391 e. The molecule has 0 aliphatic carbocycles. The van der Waals surface area contributed by atoms with Gasteiger partial charge >= 0.3 is 0 Å². The van der Waals surface area contributed by atoms with E-state index in [1.54, 1.807) is 18.3 Å². The predicted molar refractivity (Wildman–Crippen MR) is 73.2 cm³/mol. The summed E-state index contributed by atoms with van der Waals surface area (Å²) in [5.74, 6) is 0. The van der Waals surface area contributed by atoms with E-state index in [2.05, 4.69) is 9.71 Å². The molecule has 5 nitrogen and oxygen atoms in total. The third-order valence-corrected chi connectivity index (χ3v) is 5.57. The average Bonchev–Trinajstić information content (AvgIpc) is 2.87. The van der Waals surface area contributed by atoms with E-state index in [1.165, 1.54) is 6.07 Å². The molecule has 7 heteroatoms. The third kappa shape index (κ3) is 3.38. The first kappa shape index (κ1) is 14.1. The normalized spacial score (nSPS) is 11.7. The van der Waals surface area contributed by atoms with E-state index in [4.69, 9.17) is 5.11 Å². The van der Waals surface area contributed by atoms with Crippen LogP contribution in [0, 0.1) is 6.92 Å². The number of sulfonamides is 1. The number of hydrogen-bond donors (Lipinski definition) is 2. The average molecular weight is 298 g/mol. The van der Waals surface area contributed by atoms with Crippen LogP contribution in [0.3, 0.4) is 0 Å². The minimum atomic E-state index is -3.55. The van der Waals surface area contributed by atoms with E-state index in [9.17, 15) is 8.42 Å². The zero-order valence-electron chi connectivity index (χ0n) is 10.3. The summed E-state index contributed by atoms with van der Waals surface area (Å²) >= 11 is 1.06. The summed E-state index contributed by atoms with van der Waals surface area (Å²) in [4.78, 5) is 4.75. The van der Waals surface area contributed by atoms with Crippen LogP contribution in [-0.4, -0.2) is 18.5 Å². The molecule has 2 N–H and O–H groups in total. The quantitative estimate of drug-likeness (QED) is 0.875. The molecule has 0 saturated heterocycles. The maximum absolute atomic E-state index is 12.0. The van der Waals surface area contributed by atoms with Crippen LogP contribution in [0.25, 0.3) is 0 Å². The Hall–Kier alpha value is -1.28. The van der Waals surface area contributed by atoms with Crippen molar-refractivity contribution in [3.63, 3.8) is 0 Å². The monoisotopic (exact) mass is 298 g/mol. The van der Waals surface area contributed by atoms with E-state index in [0.717, 1.165) is 16.9 Å². The van der Waals surface area contributed by atoms with Crippen molar-refractivity contribution in [1.82, 2.24) is 9.71 Å². The van der Waals surface area contributed by atoms with Crippen molar-refractivity contribution in [3.05, 3.63) is 46.6 Å². The standard InChI is InChI=1S/C12H14N2O3S2/c1-9-3-2-6-13-11(9)7-14-19(16,17)12-5-4-10(8-15)18-12/h2-6,14-15H,7-8H2,1H3. The topological polar surface area (TPSA) is 79.3 Å². The number of aryl methyl sites for hydroxylation is 1. The maximum Gasteiger partial charge on any atom is 0.250 e. The Bertz CT molecular complexity index is 665. The lowest BCUT2D eigenvalue weighted by atomic mass is 10.2. The number of hydrogen-bond acceptors (Lipinski definition) is 5. The van der Waals surface area contributed by atoms with Crippen LogP contribution >= 0.6 is 11.3 Å². The number of aromatic nitrogens is 1. The lowest BCUT2D eigenvalue weighted by Crippen LogP contribution is -2.23. The van der Waals surface area contributed by atoms with Crippen molar-refractivity contribution >= 4 is 21.4 Å². The van der Waals surface area contributed by atoms with Crippen LogP contribution < -0.4 is 4.72 Å². The van der Waals surface area contributed by atoms with Crippen molar-refractivity contribution in [3.8, 4) is 0 Å². The molecular formula is C12H14N2O3S2. The number of aliphatic hydroxyl groups excluding tert-OH is 1. The smallest absolute Gasteiger partial charge is 0.250 e. The van der Waals surface area contributed by atoms with Gasteiger partial charge in [0.25, 0.3) is 0 Å². The summed E-state index contributed by atoms with van der Waals surface area (Å²) in [5.41, 5.74) is 1.64. The highest BCUT2D eigenvalue weighted by atomic mass is 32.2. The lowest BCUT2D eigenvalue weighted by molar-refractivity contribution is 0.285. The number of thiophene rings is 1. The van der Waals surface area contributed by atoms with E-state index >= 15 is 0 Å². The van der Waals surface area contributed by atoms with E-state index in [1.807, 2.05) is 13.0 Å². The zero-order valence-corrected chi connectivity index (χ0v) is 12.0. The molecule has 0 aromatic carbocycles. The fourth-order valence-corrected chi connectivity index (χ4v) is 3.77. The second-order valence-electron chi connectivity index (χ2n) is 3.97. The summed E-state index contributed by atoms with van der Waals surface area (Å²) in [5, 5.41) is 8.95. The van der Waals surface area contributed by atoms with E-state index < -0.39 is 10.0 Å². The minimum absolute atomic E-state index is 0.153. The van der Waals surface area contributed by atoms with Crippen molar-refractivity contribution in [1.29, 1.82) is 0 Å². The molecule has 19 heavy (non-hydrogen) atoms. The van der Waals surface area contributed by atoms with Gasteiger partial charge in [-0.15, -0.1) is 11.3 Å². The van der Waals surface area contributed by atoms with Crippen molar-refractivity contribution in [2.45, 2.75) is 24.3 Å². The first-order valence-electron chi connectivity index (χ1n) is 5.62. The highest BCUT2D eigenvalue weighted by Crippen LogP contribution is 2.21. The van der Waals surface area contributed by atoms with Crippen LogP contribution in [0.5, 0.6) is 0 Å². The zero-order chi connectivity index (χ0) is 13.9. The molecule has 0 bridgehead atoms. The summed E-state index contributed by atoms with van der Waals surface area (Å²) < 4.78 is 26.8. The lowest BCUT2D eigenvalue weighted by Gasteiger charge is -2.06. The van der Waals surface area contributed by atoms with Gasteiger partial charge < -0.3 is 5.11 Å². The predicted octanol–water partition coefficient (Wildman–Crippen LogP) is 1.42. The molecule has 0 spiro atoms. The Morgan fingerprint density at radius 1 is 1.37 bits per heavy atom. The summed E-state index contributed by atoms with van der Waals surface area (Å²) in [6.45, 7) is 1.88. The molecule has 0 aliphatic rings. The highest BCUT2D eigenvalue weighted by molar-refractivity contribution is 7.91. The summed E-state index contributed by atoms with van der Waals surface area (Å²) in [7, 11) is -3.55. The SMILES string of the molecule is Cc1cccnc1CNS(=O)(=O)c1ccc(CO)s1. The van der Waals surface area contributed by atoms with Crippen LogP contribution in [0.2, 0.25) is 0 Å². The molecule has 2 aromatic rings. The number of nitrogens with zero attached hydrogens (tertiary/aromatic N) is 1. The van der Waals surface area contributed by atoms with Crippen molar-refractivity contribution in [2.24, 2.45) is 0 Å². The molecule has 0 amide bonds. The van der Waals surface area contributed by atoms with Gasteiger partial charge in [-0.25, -0.2) is 13.1 Å². The third-order valence-electron chi connectivity index (χ3n) is 2.61. The second-order valence-corrected chi connectivity index (χ2v) is 7.13. The number of rotatable bonds is 5. The van der Waals surface area contributed by atoms with Gasteiger partial charge in [0.2, 0.25) is 10.0 Å². The van der Waals surface area contributed by atoms with Gasteiger partial charge in [0.15, 0.2) is 0 Å². The first-order valence-corrected chi connectivity index (χ1v) is 7.92. The molecule has 2 heterocycles. The maximum atomic E-state index is 12.0. The molecule has 2 rings (SSSR count). The van der Waals surface area contributed by atoms with Gasteiger partial charge in [0, 0.05) is 11.1 Å². The van der Waals surface area contributed by atoms with Crippen LogP contribution in [0.4, 0.5) is 0 Å². The van der Waals surface area contributed by atoms with Gasteiger partial charge in [0.1, 0.15) is 4.21 Å². The van der Waals surface area contributed by atoms with E-state index in [0.29, 0.717) is 10.6 Å². The molecule has 2 aromatic heterocycles. The van der Waals surface area contributed by atoms with Gasteiger partial charge in [-0.2, -0.15) is 0 Å². The molecule has 0 radical (unpaired) electrons. The fourth-order valence-electron chi connectivity index (χ4n) is 1.53. The Labute approximate surface area is 116 Å². The molecular weight excluding hydrogens is 284 g/mol. The summed E-state index contributed by atoms with van der Waals surface area (Å²) in [6.07, 6.45) is 1.63. The molecule has 0 atom stereocenters. The number of aliphatic hydroxyl groups is 1. The fraction of sp³-hybridized carbons (Fsp3) is 0.250. The molecule has 0 saturated carbocycles. The highest BCUT2D eigenvalue weighted by Gasteiger charge is 2.16. The molecule has 0 aliphatic heterocycles. The van der Waals surface area contributed by atoms with Crippen LogP contribution in [0.1, 0.15) is 16.1 Å².